The number of carbonyl (C=O) groups is 1. The van der Waals surface area contributed by atoms with E-state index in [4.69, 9.17) is 0 Å². The Bertz CT molecular complexity index is 591. The summed E-state index contributed by atoms with van der Waals surface area (Å²) in [6, 6.07) is 6.49. The zero-order valence-corrected chi connectivity index (χ0v) is 12.8. The molecule has 0 aromatic heterocycles. The van der Waals surface area contributed by atoms with Crippen LogP contribution in [-0.4, -0.2) is 48.2 Å². The van der Waals surface area contributed by atoms with E-state index in [0.717, 1.165) is 19.5 Å². The van der Waals surface area contributed by atoms with E-state index >= 15 is 0 Å². The Kier molecular flexibility index (Phi) is 4.23. The number of piperidine rings is 1. The van der Waals surface area contributed by atoms with Gasteiger partial charge in [-0.15, -0.1) is 13.2 Å². The van der Waals surface area contributed by atoms with Crippen molar-refractivity contribution >= 4 is 5.91 Å². The number of para-hydroxylation sites is 1. The molecule has 0 spiro atoms. The van der Waals surface area contributed by atoms with Crippen LogP contribution in [0.15, 0.2) is 24.3 Å². The lowest BCUT2D eigenvalue weighted by Gasteiger charge is -2.36. The lowest BCUT2D eigenvalue weighted by Crippen LogP contribution is -2.44. The van der Waals surface area contributed by atoms with Crippen LogP contribution in [0.5, 0.6) is 5.75 Å². The molecule has 0 bridgehead atoms. The van der Waals surface area contributed by atoms with Crippen LogP contribution < -0.4 is 4.74 Å². The van der Waals surface area contributed by atoms with Crippen LogP contribution in [0, 0.1) is 5.92 Å². The Hall–Kier alpha value is -1.76. The summed E-state index contributed by atoms with van der Waals surface area (Å²) >= 11 is 0. The summed E-state index contributed by atoms with van der Waals surface area (Å²) in [5, 5.41) is 0. The molecule has 2 aliphatic heterocycles. The molecule has 1 amide bonds. The van der Waals surface area contributed by atoms with Gasteiger partial charge in [-0.1, -0.05) is 18.2 Å². The Morgan fingerprint density at radius 1 is 1.30 bits per heavy atom. The number of hydrogen-bond donors (Lipinski definition) is 0. The molecule has 0 saturated carbocycles. The highest BCUT2D eigenvalue weighted by Crippen LogP contribution is 2.33. The minimum Gasteiger partial charge on any atom is -0.405 e. The molecule has 2 fully saturated rings. The first-order valence-electron chi connectivity index (χ1n) is 7.65. The van der Waals surface area contributed by atoms with E-state index < -0.39 is 6.36 Å². The highest BCUT2D eigenvalue weighted by molar-refractivity contribution is 5.79. The summed E-state index contributed by atoms with van der Waals surface area (Å²) < 4.78 is 41.6. The van der Waals surface area contributed by atoms with Crippen LogP contribution in [0.2, 0.25) is 0 Å². The Morgan fingerprint density at radius 2 is 2.04 bits per heavy atom. The van der Waals surface area contributed by atoms with Gasteiger partial charge in [0.1, 0.15) is 5.75 Å². The third kappa shape index (κ3) is 3.60. The zero-order valence-electron chi connectivity index (χ0n) is 12.8. The van der Waals surface area contributed by atoms with Crippen molar-refractivity contribution in [2.24, 2.45) is 5.92 Å². The van der Waals surface area contributed by atoms with E-state index in [1.165, 1.54) is 12.1 Å². The van der Waals surface area contributed by atoms with Gasteiger partial charge in [-0.25, -0.2) is 0 Å². The number of rotatable bonds is 3. The number of halogens is 3. The van der Waals surface area contributed by atoms with Crippen molar-refractivity contribution in [1.82, 2.24) is 9.80 Å². The molecule has 4 nitrogen and oxygen atoms in total. The summed E-state index contributed by atoms with van der Waals surface area (Å²) in [6.45, 7) is 1.88. The van der Waals surface area contributed by atoms with Gasteiger partial charge in [0.05, 0.1) is 0 Å². The molecule has 3 rings (SSSR count). The summed E-state index contributed by atoms with van der Waals surface area (Å²) in [5.41, 5.74) is 0.515. The molecule has 2 heterocycles. The summed E-state index contributed by atoms with van der Waals surface area (Å²) in [7, 11) is 1.83. The van der Waals surface area contributed by atoms with Gasteiger partial charge in [-0.2, -0.15) is 0 Å². The predicted molar refractivity (Wildman–Crippen MR) is 77.7 cm³/mol. The van der Waals surface area contributed by atoms with Gasteiger partial charge < -0.3 is 9.64 Å². The van der Waals surface area contributed by atoms with Crippen LogP contribution in [0.3, 0.4) is 0 Å². The number of alkyl halides is 3. The zero-order chi connectivity index (χ0) is 16.6. The fourth-order valence-corrected chi connectivity index (χ4v) is 3.60. The first kappa shape index (κ1) is 16.1. The predicted octanol–water partition coefficient (Wildman–Crippen LogP) is 2.64. The van der Waals surface area contributed by atoms with Gasteiger partial charge in [0.15, 0.2) is 0 Å². The molecule has 2 aliphatic rings. The SMILES string of the molecule is CN1C(=O)C[C@@H]2CN(Cc3ccccc3OC(F)(F)F)CC[C@@H]21. The number of likely N-dealkylation sites (tertiary alicyclic amines) is 2. The van der Waals surface area contributed by atoms with Crippen molar-refractivity contribution in [3.63, 3.8) is 0 Å². The van der Waals surface area contributed by atoms with Crippen molar-refractivity contribution in [1.29, 1.82) is 0 Å². The van der Waals surface area contributed by atoms with Crippen molar-refractivity contribution in [3.8, 4) is 5.75 Å². The number of amides is 1. The van der Waals surface area contributed by atoms with Crippen LogP contribution in [0.25, 0.3) is 0 Å². The molecule has 1 aromatic rings. The molecule has 0 aliphatic carbocycles. The monoisotopic (exact) mass is 328 g/mol. The molecule has 23 heavy (non-hydrogen) atoms. The third-order valence-electron chi connectivity index (χ3n) is 4.70. The van der Waals surface area contributed by atoms with Crippen LogP contribution in [0.1, 0.15) is 18.4 Å². The first-order valence-corrected chi connectivity index (χ1v) is 7.65. The highest BCUT2D eigenvalue weighted by atomic mass is 19.4. The van der Waals surface area contributed by atoms with Crippen molar-refractivity contribution in [3.05, 3.63) is 29.8 Å². The van der Waals surface area contributed by atoms with Crippen LogP contribution >= 0.6 is 0 Å². The van der Waals surface area contributed by atoms with Crippen molar-refractivity contribution in [2.45, 2.75) is 31.8 Å². The van der Waals surface area contributed by atoms with E-state index in [1.807, 2.05) is 11.9 Å². The molecular formula is C16H19F3N2O2. The molecule has 7 heteroatoms. The molecular weight excluding hydrogens is 309 g/mol. The number of hydrogen-bond acceptors (Lipinski definition) is 3. The van der Waals surface area contributed by atoms with Gasteiger partial charge in [-0.05, 0) is 12.5 Å². The maximum atomic E-state index is 12.5. The molecule has 0 radical (unpaired) electrons. The smallest absolute Gasteiger partial charge is 0.405 e. The number of fused-ring (bicyclic) bond motifs is 1. The molecule has 126 valence electrons. The van der Waals surface area contributed by atoms with E-state index in [9.17, 15) is 18.0 Å². The second-order valence-corrected chi connectivity index (χ2v) is 6.22. The van der Waals surface area contributed by atoms with E-state index in [1.54, 1.807) is 12.1 Å². The van der Waals surface area contributed by atoms with Crippen LogP contribution in [-0.2, 0) is 11.3 Å². The fraction of sp³-hybridized carbons (Fsp3) is 0.562. The maximum absolute atomic E-state index is 12.5. The molecule has 0 N–H and O–H groups in total. The second kappa shape index (κ2) is 6.03. The number of benzene rings is 1. The molecule has 2 saturated heterocycles. The highest BCUT2D eigenvalue weighted by Gasteiger charge is 2.41. The van der Waals surface area contributed by atoms with E-state index in [2.05, 4.69) is 9.64 Å². The summed E-state index contributed by atoms with van der Waals surface area (Å²) in [4.78, 5) is 15.7. The van der Waals surface area contributed by atoms with Gasteiger partial charge >= 0.3 is 6.36 Å². The average Bonchev–Trinajstić information content (AvgIpc) is 2.74. The number of carbonyl (C=O) groups excluding carboxylic acids is 1. The summed E-state index contributed by atoms with van der Waals surface area (Å²) in [6.07, 6.45) is -3.31. The minimum atomic E-state index is -4.69. The Labute approximate surface area is 132 Å². The molecule has 1 aromatic carbocycles. The quantitative estimate of drug-likeness (QED) is 0.855. The topological polar surface area (TPSA) is 32.8 Å². The van der Waals surface area contributed by atoms with Gasteiger partial charge in [-0.3, -0.25) is 9.69 Å². The molecule has 0 unspecified atom stereocenters. The Balaban J connectivity index is 1.68. The largest absolute Gasteiger partial charge is 0.573 e. The van der Waals surface area contributed by atoms with Crippen molar-refractivity contribution < 1.29 is 22.7 Å². The van der Waals surface area contributed by atoms with E-state index in [0.29, 0.717) is 18.5 Å². The third-order valence-corrected chi connectivity index (χ3v) is 4.70. The Morgan fingerprint density at radius 3 is 2.78 bits per heavy atom. The number of nitrogens with zero attached hydrogens (tertiary/aromatic N) is 2. The van der Waals surface area contributed by atoms with Gasteiger partial charge in [0, 0.05) is 50.6 Å². The minimum absolute atomic E-state index is 0.151. The lowest BCUT2D eigenvalue weighted by atomic mass is 9.92. The average molecular weight is 328 g/mol. The maximum Gasteiger partial charge on any atom is 0.573 e. The second-order valence-electron chi connectivity index (χ2n) is 6.22. The molecule has 2 atom stereocenters. The van der Waals surface area contributed by atoms with E-state index in [-0.39, 0.29) is 23.6 Å². The summed E-state index contributed by atoms with van der Waals surface area (Å²) in [5.74, 6) is 0.265. The first-order chi connectivity index (χ1) is 10.8. The number of ether oxygens (including phenoxy) is 1. The normalized spacial score (nSPS) is 25.6. The fourth-order valence-electron chi connectivity index (χ4n) is 3.60. The van der Waals surface area contributed by atoms with Crippen molar-refractivity contribution in [2.75, 3.05) is 20.1 Å². The van der Waals surface area contributed by atoms with Crippen LogP contribution in [0.4, 0.5) is 13.2 Å². The standard InChI is InChI=1S/C16H19F3N2O2/c1-20-13-6-7-21(10-12(13)8-15(20)22)9-11-4-2-3-5-14(11)23-16(17,18)19/h2-5,12-13H,6-10H2,1H3/t12-,13+/m1/s1. The van der Waals surface area contributed by atoms with Gasteiger partial charge in [0.2, 0.25) is 5.91 Å². The van der Waals surface area contributed by atoms with Gasteiger partial charge in [0.25, 0.3) is 0 Å². The lowest BCUT2D eigenvalue weighted by molar-refractivity contribution is -0.275.